The third-order valence-electron chi connectivity index (χ3n) is 7.18. The van der Waals surface area contributed by atoms with Crippen molar-refractivity contribution in [2.24, 2.45) is 5.92 Å². The van der Waals surface area contributed by atoms with Gasteiger partial charge in [-0.05, 0) is 85.9 Å². The molecule has 1 heterocycles. The van der Waals surface area contributed by atoms with Crippen LogP contribution in [0.1, 0.15) is 52.6 Å². The fraction of sp³-hybridized carbons (Fsp3) is 0.333. The number of sulfonamides is 1. The van der Waals surface area contributed by atoms with Crippen molar-refractivity contribution in [2.45, 2.75) is 50.0 Å². The number of piperidine rings is 1. The summed E-state index contributed by atoms with van der Waals surface area (Å²) in [6.07, 6.45) is 2.86. The molecule has 5 heteroatoms. The summed E-state index contributed by atoms with van der Waals surface area (Å²) in [5.74, 6) is 0.649. The zero-order valence-corrected chi connectivity index (χ0v) is 20.9. The fourth-order valence-corrected chi connectivity index (χ4v) is 7.53. The largest absolute Gasteiger partial charge is 0.243 e. The monoisotopic (exact) mass is 509 g/mol. The van der Waals surface area contributed by atoms with E-state index in [1.807, 2.05) is 31.2 Å². The van der Waals surface area contributed by atoms with Crippen molar-refractivity contribution in [1.29, 1.82) is 0 Å². The van der Waals surface area contributed by atoms with Crippen molar-refractivity contribution in [1.82, 2.24) is 4.31 Å². The Morgan fingerprint density at radius 2 is 1.56 bits per heavy atom. The van der Waals surface area contributed by atoms with Crippen LogP contribution in [0.15, 0.2) is 76.1 Å². The van der Waals surface area contributed by atoms with E-state index in [4.69, 9.17) is 0 Å². The van der Waals surface area contributed by atoms with E-state index in [9.17, 15) is 8.42 Å². The third-order valence-corrected chi connectivity index (χ3v) is 9.60. The summed E-state index contributed by atoms with van der Waals surface area (Å²) in [4.78, 5) is 0.385. The normalized spacial score (nSPS) is 23.4. The van der Waals surface area contributed by atoms with Crippen LogP contribution in [-0.2, 0) is 16.4 Å². The first-order valence-corrected chi connectivity index (χ1v) is 13.5. The molecular formula is C27H28BrNO2S. The summed E-state index contributed by atoms with van der Waals surface area (Å²) in [6, 6.07) is 22.1. The highest BCUT2D eigenvalue weighted by Gasteiger charge is 2.46. The van der Waals surface area contributed by atoms with Gasteiger partial charge in [0.25, 0.3) is 0 Å². The summed E-state index contributed by atoms with van der Waals surface area (Å²) in [5, 5.41) is 0. The van der Waals surface area contributed by atoms with E-state index in [-0.39, 0.29) is 12.0 Å². The van der Waals surface area contributed by atoms with E-state index in [1.54, 1.807) is 16.4 Å². The summed E-state index contributed by atoms with van der Waals surface area (Å²) < 4.78 is 30.5. The minimum absolute atomic E-state index is 0.165. The number of halogens is 1. The molecule has 0 N–H and O–H groups in total. The molecule has 32 heavy (non-hydrogen) atoms. The summed E-state index contributed by atoms with van der Waals surface area (Å²) in [6.45, 7) is 4.66. The van der Waals surface area contributed by atoms with Gasteiger partial charge >= 0.3 is 0 Å². The van der Waals surface area contributed by atoms with Gasteiger partial charge in [-0.2, -0.15) is 4.31 Å². The molecule has 0 saturated carbocycles. The number of fused-ring (bicyclic) bond motifs is 3. The number of aryl methyl sites for hydroxylation is 3. The van der Waals surface area contributed by atoms with Crippen molar-refractivity contribution in [2.75, 3.05) is 6.54 Å². The average molecular weight is 510 g/mol. The maximum Gasteiger partial charge on any atom is 0.243 e. The van der Waals surface area contributed by atoms with Crippen LogP contribution >= 0.6 is 15.9 Å². The molecular weight excluding hydrogens is 482 g/mol. The second-order valence-electron chi connectivity index (χ2n) is 9.23. The van der Waals surface area contributed by atoms with Gasteiger partial charge in [0.1, 0.15) is 0 Å². The van der Waals surface area contributed by atoms with Crippen LogP contribution in [0.4, 0.5) is 0 Å². The van der Waals surface area contributed by atoms with Crippen molar-refractivity contribution in [3.8, 4) is 0 Å². The lowest BCUT2D eigenvalue weighted by Gasteiger charge is -2.48. The molecule has 1 saturated heterocycles. The van der Waals surface area contributed by atoms with Gasteiger partial charge in [-0.1, -0.05) is 69.5 Å². The number of rotatable bonds is 3. The molecule has 166 valence electrons. The molecule has 1 fully saturated rings. The van der Waals surface area contributed by atoms with E-state index in [2.05, 4.69) is 53.2 Å². The maximum atomic E-state index is 13.8. The number of nitrogens with zero attached hydrogens (tertiary/aromatic N) is 1. The molecule has 0 spiro atoms. The molecule has 0 bridgehead atoms. The van der Waals surface area contributed by atoms with Gasteiger partial charge in [0.05, 0.1) is 10.9 Å². The van der Waals surface area contributed by atoms with Gasteiger partial charge in [0.15, 0.2) is 0 Å². The maximum absolute atomic E-state index is 13.8. The van der Waals surface area contributed by atoms with Crippen LogP contribution in [0.2, 0.25) is 0 Å². The van der Waals surface area contributed by atoms with Gasteiger partial charge < -0.3 is 0 Å². The summed E-state index contributed by atoms with van der Waals surface area (Å²) in [5.41, 5.74) is 6.28. The lowest BCUT2D eigenvalue weighted by atomic mass is 9.67. The zero-order chi connectivity index (χ0) is 22.5. The summed E-state index contributed by atoms with van der Waals surface area (Å²) >= 11 is 3.53. The zero-order valence-electron chi connectivity index (χ0n) is 18.5. The Hall–Kier alpha value is -1.95. The summed E-state index contributed by atoms with van der Waals surface area (Å²) in [7, 11) is -3.60. The average Bonchev–Trinajstić information content (AvgIpc) is 2.79. The van der Waals surface area contributed by atoms with E-state index in [0.29, 0.717) is 17.4 Å². The van der Waals surface area contributed by atoms with Crippen molar-refractivity contribution < 1.29 is 8.42 Å². The molecule has 0 amide bonds. The van der Waals surface area contributed by atoms with Crippen molar-refractivity contribution in [3.05, 3.63) is 99.0 Å². The SMILES string of the molecule is Cc1ccc(S(=O)(=O)N2CC[C@H]3c4cc(C)ccc4CC[C@@H]3[C@@H]2c2ccc(Br)cc2)cc1. The van der Waals surface area contributed by atoms with Crippen LogP contribution < -0.4 is 0 Å². The Bertz CT molecular complexity index is 1240. The Balaban J connectivity index is 1.61. The lowest BCUT2D eigenvalue weighted by Crippen LogP contribution is -2.46. The molecule has 0 radical (unpaired) electrons. The fourth-order valence-electron chi connectivity index (χ4n) is 5.60. The van der Waals surface area contributed by atoms with Crippen LogP contribution in [0.25, 0.3) is 0 Å². The minimum atomic E-state index is -3.60. The highest BCUT2D eigenvalue weighted by molar-refractivity contribution is 9.10. The molecule has 0 aromatic heterocycles. The number of benzene rings is 3. The molecule has 3 nitrogen and oxygen atoms in total. The van der Waals surface area contributed by atoms with E-state index < -0.39 is 10.0 Å². The molecule has 1 aliphatic carbocycles. The second-order valence-corrected chi connectivity index (χ2v) is 12.0. The first kappa shape index (κ1) is 21.9. The quantitative estimate of drug-likeness (QED) is 0.401. The molecule has 0 unspecified atom stereocenters. The highest BCUT2D eigenvalue weighted by atomic mass is 79.9. The Kier molecular flexibility index (Phi) is 5.77. The highest BCUT2D eigenvalue weighted by Crippen LogP contribution is 2.51. The second kappa shape index (κ2) is 8.44. The molecule has 1 aliphatic heterocycles. The molecule has 3 atom stereocenters. The number of hydrogen-bond donors (Lipinski definition) is 0. The van der Waals surface area contributed by atoms with Crippen molar-refractivity contribution >= 4 is 26.0 Å². The number of hydrogen-bond acceptors (Lipinski definition) is 2. The standard InChI is InChI=1S/C27H28BrNO2S/c1-18-4-12-23(13-5-18)32(30,31)29-16-15-24-25(27(29)21-7-10-22(28)11-8-21)14-9-20-6-3-19(2)17-26(20)24/h3-8,10-13,17,24-25,27H,9,14-16H2,1-2H3/t24-,25+,27+/m1/s1. The third kappa shape index (κ3) is 3.85. The smallest absolute Gasteiger partial charge is 0.207 e. The Morgan fingerprint density at radius 3 is 2.28 bits per heavy atom. The minimum Gasteiger partial charge on any atom is -0.207 e. The lowest BCUT2D eigenvalue weighted by molar-refractivity contribution is 0.135. The van der Waals surface area contributed by atoms with E-state index in [0.717, 1.165) is 34.9 Å². The first-order valence-electron chi connectivity index (χ1n) is 11.3. The molecule has 5 rings (SSSR count). The van der Waals surface area contributed by atoms with Gasteiger partial charge in [-0.3, -0.25) is 0 Å². The van der Waals surface area contributed by atoms with Crippen LogP contribution in [0.5, 0.6) is 0 Å². The predicted molar refractivity (Wildman–Crippen MR) is 132 cm³/mol. The van der Waals surface area contributed by atoms with E-state index >= 15 is 0 Å². The predicted octanol–water partition coefficient (Wildman–Crippen LogP) is 6.55. The Labute approximate surface area is 199 Å². The topological polar surface area (TPSA) is 37.4 Å². The Morgan fingerprint density at radius 1 is 0.875 bits per heavy atom. The molecule has 2 aliphatic rings. The van der Waals surface area contributed by atoms with Gasteiger partial charge in [-0.25, -0.2) is 8.42 Å². The van der Waals surface area contributed by atoms with Gasteiger partial charge in [0, 0.05) is 11.0 Å². The van der Waals surface area contributed by atoms with E-state index in [1.165, 1.54) is 16.7 Å². The van der Waals surface area contributed by atoms with Crippen LogP contribution in [0, 0.1) is 19.8 Å². The van der Waals surface area contributed by atoms with Gasteiger partial charge in [0.2, 0.25) is 10.0 Å². The molecule has 3 aromatic carbocycles. The van der Waals surface area contributed by atoms with Crippen LogP contribution in [-0.4, -0.2) is 19.3 Å². The molecule has 3 aromatic rings. The van der Waals surface area contributed by atoms with Crippen LogP contribution in [0.3, 0.4) is 0 Å². The van der Waals surface area contributed by atoms with Crippen molar-refractivity contribution in [3.63, 3.8) is 0 Å². The van der Waals surface area contributed by atoms with Gasteiger partial charge in [-0.15, -0.1) is 0 Å². The first-order chi connectivity index (χ1) is 15.3.